The van der Waals surface area contributed by atoms with Crippen molar-refractivity contribution in [2.24, 2.45) is 0 Å². The van der Waals surface area contributed by atoms with Gasteiger partial charge < -0.3 is 10.6 Å². The minimum Gasteiger partial charge on any atom is -0.326 e. The Morgan fingerprint density at radius 1 is 1.04 bits per heavy atom. The molecule has 6 nitrogen and oxygen atoms in total. The lowest BCUT2D eigenvalue weighted by Crippen LogP contribution is -2.19. The molecule has 0 bridgehead atoms. The molecule has 4 rings (SSSR count). The highest BCUT2D eigenvalue weighted by atomic mass is 16.2. The Morgan fingerprint density at radius 2 is 1.93 bits per heavy atom. The summed E-state index contributed by atoms with van der Waals surface area (Å²) in [5, 5.41) is 6.57. The second-order valence-electron chi connectivity index (χ2n) is 6.80. The summed E-state index contributed by atoms with van der Waals surface area (Å²) in [7, 11) is 0. The molecule has 6 heteroatoms. The number of Topliss-reactive ketones (excluding diaryl/α,β-unsaturated/α-hetero) is 1. The van der Waals surface area contributed by atoms with Gasteiger partial charge in [-0.1, -0.05) is 6.07 Å². The molecule has 0 atom stereocenters. The van der Waals surface area contributed by atoms with Crippen molar-refractivity contribution in [3.8, 4) is 0 Å². The van der Waals surface area contributed by atoms with Gasteiger partial charge in [0.15, 0.2) is 5.78 Å². The molecule has 28 heavy (non-hydrogen) atoms. The van der Waals surface area contributed by atoms with Gasteiger partial charge in [0.05, 0.1) is 5.52 Å². The summed E-state index contributed by atoms with van der Waals surface area (Å²) in [6, 6.07) is 14.5. The Hall–Kier alpha value is -3.54. The Morgan fingerprint density at radius 3 is 2.82 bits per heavy atom. The Kier molecular flexibility index (Phi) is 4.85. The van der Waals surface area contributed by atoms with E-state index in [2.05, 4.69) is 15.6 Å². The molecule has 2 aromatic carbocycles. The van der Waals surface area contributed by atoms with Gasteiger partial charge in [0.2, 0.25) is 11.8 Å². The number of aromatic nitrogens is 1. The average molecular weight is 373 g/mol. The van der Waals surface area contributed by atoms with Crippen LogP contribution in [0.4, 0.5) is 11.4 Å². The first-order valence-electron chi connectivity index (χ1n) is 9.19. The zero-order valence-electron chi connectivity index (χ0n) is 15.2. The van der Waals surface area contributed by atoms with E-state index < -0.39 is 0 Å². The number of ketones is 1. The van der Waals surface area contributed by atoms with Gasteiger partial charge >= 0.3 is 0 Å². The number of nitrogens with one attached hydrogen (secondary N) is 2. The maximum absolute atomic E-state index is 12.5. The van der Waals surface area contributed by atoms with E-state index in [4.69, 9.17) is 0 Å². The van der Waals surface area contributed by atoms with Crippen molar-refractivity contribution in [1.82, 2.24) is 4.98 Å². The van der Waals surface area contributed by atoms with E-state index >= 15 is 0 Å². The molecule has 0 radical (unpaired) electrons. The molecule has 0 unspecified atom stereocenters. The highest BCUT2D eigenvalue weighted by Gasteiger charge is 2.17. The number of hydrogen-bond donors (Lipinski definition) is 2. The third kappa shape index (κ3) is 3.91. The Labute approximate surface area is 162 Å². The van der Waals surface area contributed by atoms with E-state index in [1.165, 1.54) is 0 Å². The smallest absolute Gasteiger partial charge is 0.224 e. The fourth-order valence-corrected chi connectivity index (χ4v) is 3.31. The zero-order chi connectivity index (χ0) is 19.5. The zero-order valence-corrected chi connectivity index (χ0v) is 15.2. The average Bonchev–Trinajstić information content (AvgIpc) is 2.71. The van der Waals surface area contributed by atoms with Crippen LogP contribution in [-0.2, 0) is 16.0 Å². The van der Waals surface area contributed by atoms with Crippen LogP contribution in [0.1, 0.15) is 35.2 Å². The Balaban J connectivity index is 1.36. The van der Waals surface area contributed by atoms with E-state index in [1.54, 1.807) is 24.4 Å². The van der Waals surface area contributed by atoms with Crippen molar-refractivity contribution in [3.05, 3.63) is 65.9 Å². The third-order valence-corrected chi connectivity index (χ3v) is 4.79. The van der Waals surface area contributed by atoms with Gasteiger partial charge in [0, 0.05) is 47.8 Å². The number of hydrogen-bond acceptors (Lipinski definition) is 4. The van der Waals surface area contributed by atoms with Crippen LogP contribution >= 0.6 is 0 Å². The summed E-state index contributed by atoms with van der Waals surface area (Å²) in [6.45, 7) is 0. The van der Waals surface area contributed by atoms with Gasteiger partial charge in [-0.2, -0.15) is 0 Å². The number of fused-ring (bicyclic) bond motifs is 2. The normalized spacial score (nSPS) is 12.9. The third-order valence-electron chi connectivity index (χ3n) is 4.79. The SMILES string of the molecule is O=C(CCC(=O)c1ccc2c(c1)CCC(=O)N2)Nc1ccc2ncccc2c1. The number of amides is 2. The van der Waals surface area contributed by atoms with Crippen molar-refractivity contribution in [3.63, 3.8) is 0 Å². The molecule has 1 aliphatic heterocycles. The predicted molar refractivity (Wildman–Crippen MR) is 107 cm³/mol. The second-order valence-corrected chi connectivity index (χ2v) is 6.80. The predicted octanol–water partition coefficient (Wildman–Crippen LogP) is 3.72. The number of anilines is 2. The molecule has 0 aliphatic carbocycles. The molecule has 2 N–H and O–H groups in total. The molecule has 0 saturated heterocycles. The highest BCUT2D eigenvalue weighted by Crippen LogP contribution is 2.24. The fourth-order valence-electron chi connectivity index (χ4n) is 3.31. The fraction of sp³-hybridized carbons (Fsp3) is 0.182. The molecule has 0 fully saturated rings. The van der Waals surface area contributed by atoms with E-state index in [1.807, 2.05) is 30.3 Å². The molecule has 2 amide bonds. The van der Waals surface area contributed by atoms with E-state index in [-0.39, 0.29) is 30.4 Å². The molecular weight excluding hydrogens is 354 g/mol. The van der Waals surface area contributed by atoms with Crippen LogP contribution in [0.25, 0.3) is 10.9 Å². The van der Waals surface area contributed by atoms with Gasteiger partial charge in [0.25, 0.3) is 0 Å². The van der Waals surface area contributed by atoms with Gasteiger partial charge in [-0.3, -0.25) is 19.4 Å². The monoisotopic (exact) mass is 373 g/mol. The summed E-state index contributed by atoms with van der Waals surface area (Å²) in [5.41, 5.74) is 3.83. The number of aryl methyl sites for hydroxylation is 1. The number of benzene rings is 2. The number of pyridine rings is 1. The number of carbonyl (C=O) groups excluding carboxylic acids is 3. The molecule has 1 aliphatic rings. The van der Waals surface area contributed by atoms with Crippen molar-refractivity contribution >= 4 is 39.9 Å². The minimum atomic E-state index is -0.207. The van der Waals surface area contributed by atoms with Gasteiger partial charge in [-0.15, -0.1) is 0 Å². The first-order valence-corrected chi connectivity index (χ1v) is 9.19. The number of carbonyl (C=O) groups is 3. The first kappa shape index (κ1) is 17.9. The molecule has 3 aromatic rings. The molecular formula is C22H19N3O3. The quantitative estimate of drug-likeness (QED) is 0.667. The molecule has 1 aromatic heterocycles. The molecule has 0 spiro atoms. The van der Waals surface area contributed by atoms with Crippen LogP contribution in [0.5, 0.6) is 0 Å². The maximum atomic E-state index is 12.5. The summed E-state index contributed by atoms with van der Waals surface area (Å²) >= 11 is 0. The summed E-state index contributed by atoms with van der Waals surface area (Å²) < 4.78 is 0. The topological polar surface area (TPSA) is 88.2 Å². The van der Waals surface area contributed by atoms with Crippen LogP contribution in [-0.4, -0.2) is 22.6 Å². The maximum Gasteiger partial charge on any atom is 0.224 e. The van der Waals surface area contributed by atoms with E-state index in [0.29, 0.717) is 24.1 Å². The highest BCUT2D eigenvalue weighted by molar-refractivity contribution is 6.01. The number of nitrogens with zero attached hydrogens (tertiary/aromatic N) is 1. The standard InChI is InChI=1S/C22H19N3O3/c26-20(16-3-6-19-15(12-16)4-9-22(28)25-19)8-10-21(27)24-17-5-7-18-14(13-17)2-1-11-23-18/h1-3,5-7,11-13H,4,8-10H2,(H,24,27)(H,25,28). The lowest BCUT2D eigenvalue weighted by Gasteiger charge is -2.17. The van der Waals surface area contributed by atoms with E-state index in [0.717, 1.165) is 22.2 Å². The summed E-state index contributed by atoms with van der Waals surface area (Å²) in [5.74, 6) is -0.299. The van der Waals surface area contributed by atoms with Gasteiger partial charge in [-0.25, -0.2) is 0 Å². The Bertz CT molecular complexity index is 1090. The van der Waals surface area contributed by atoms with Gasteiger partial charge in [-0.05, 0) is 54.4 Å². The van der Waals surface area contributed by atoms with Crippen LogP contribution in [0.3, 0.4) is 0 Å². The van der Waals surface area contributed by atoms with Gasteiger partial charge in [0.1, 0.15) is 0 Å². The van der Waals surface area contributed by atoms with Crippen molar-refractivity contribution < 1.29 is 14.4 Å². The molecule has 0 saturated carbocycles. The summed E-state index contributed by atoms with van der Waals surface area (Å²) in [6.07, 6.45) is 3.01. The van der Waals surface area contributed by atoms with Crippen LogP contribution < -0.4 is 10.6 Å². The van der Waals surface area contributed by atoms with Crippen molar-refractivity contribution in [1.29, 1.82) is 0 Å². The second kappa shape index (κ2) is 7.60. The lowest BCUT2D eigenvalue weighted by molar-refractivity contribution is -0.117. The number of rotatable bonds is 5. The van der Waals surface area contributed by atoms with Crippen LogP contribution in [0, 0.1) is 0 Å². The van der Waals surface area contributed by atoms with Crippen LogP contribution in [0.2, 0.25) is 0 Å². The lowest BCUT2D eigenvalue weighted by atomic mass is 9.97. The van der Waals surface area contributed by atoms with Crippen molar-refractivity contribution in [2.75, 3.05) is 10.6 Å². The van der Waals surface area contributed by atoms with Crippen molar-refractivity contribution in [2.45, 2.75) is 25.7 Å². The molecule has 2 heterocycles. The molecule has 140 valence electrons. The first-order chi connectivity index (χ1) is 13.6. The van der Waals surface area contributed by atoms with Crippen LogP contribution in [0.15, 0.2) is 54.7 Å². The summed E-state index contributed by atoms with van der Waals surface area (Å²) in [4.78, 5) is 40.3. The van der Waals surface area contributed by atoms with E-state index in [9.17, 15) is 14.4 Å². The minimum absolute atomic E-state index is 0.00674. The largest absolute Gasteiger partial charge is 0.326 e.